The van der Waals surface area contributed by atoms with E-state index in [0.29, 0.717) is 17.8 Å². The van der Waals surface area contributed by atoms with Crippen molar-refractivity contribution in [2.75, 3.05) is 25.5 Å². The zero-order valence-electron chi connectivity index (χ0n) is 15.7. The summed E-state index contributed by atoms with van der Waals surface area (Å²) in [5.41, 5.74) is 3.39. The van der Waals surface area contributed by atoms with Gasteiger partial charge < -0.3 is 4.90 Å². The smallest absolute Gasteiger partial charge is 0.270 e. The van der Waals surface area contributed by atoms with E-state index in [4.69, 9.17) is 0 Å². The molecule has 1 amide bonds. The maximum absolute atomic E-state index is 13.2. The summed E-state index contributed by atoms with van der Waals surface area (Å²) in [4.78, 5) is 20.3. The van der Waals surface area contributed by atoms with Gasteiger partial charge in [-0.1, -0.05) is 0 Å². The molecule has 0 unspecified atom stereocenters. The number of rotatable bonds is 4. The summed E-state index contributed by atoms with van der Waals surface area (Å²) in [7, 11) is -0.474. The second-order valence-corrected chi connectivity index (χ2v) is 10.7. The number of nitrogens with zero attached hydrogens (tertiary/aromatic N) is 3. The molecular weight excluding hydrogens is 414 g/mol. The second kappa shape index (κ2) is 7.07. The van der Waals surface area contributed by atoms with Crippen molar-refractivity contribution in [2.45, 2.75) is 18.2 Å². The van der Waals surface area contributed by atoms with Gasteiger partial charge in [-0.2, -0.15) is 11.3 Å². The van der Waals surface area contributed by atoms with Crippen molar-refractivity contribution >= 4 is 44.3 Å². The molecule has 3 aromatic rings. The fourth-order valence-electron chi connectivity index (χ4n) is 3.19. The van der Waals surface area contributed by atoms with Crippen LogP contribution in [0.2, 0.25) is 0 Å². The van der Waals surface area contributed by atoms with Gasteiger partial charge >= 0.3 is 0 Å². The number of aryl methyl sites for hydroxylation is 1. The van der Waals surface area contributed by atoms with Gasteiger partial charge in [0, 0.05) is 37.3 Å². The number of hydrogen-bond donors (Lipinski definition) is 0. The lowest BCUT2D eigenvalue weighted by atomic mass is 10.2. The van der Waals surface area contributed by atoms with Crippen LogP contribution in [-0.2, 0) is 16.4 Å². The Hall–Kier alpha value is -2.07. The zero-order chi connectivity index (χ0) is 20.1. The largest absolute Gasteiger partial charge is 0.307 e. The summed E-state index contributed by atoms with van der Waals surface area (Å²) in [6, 6.07) is 6.96. The minimum absolute atomic E-state index is 0.0848. The van der Waals surface area contributed by atoms with Crippen molar-refractivity contribution in [3.8, 4) is 10.6 Å². The maximum Gasteiger partial charge on any atom is 0.270 e. The van der Waals surface area contributed by atoms with Crippen LogP contribution in [0.3, 0.4) is 0 Å². The molecule has 0 fully saturated rings. The second-order valence-electron chi connectivity index (χ2n) is 6.73. The average molecular weight is 434 g/mol. The Kier molecular flexibility index (Phi) is 4.86. The lowest BCUT2D eigenvalue weighted by Crippen LogP contribution is -2.28. The van der Waals surface area contributed by atoms with Gasteiger partial charge in [0.05, 0.1) is 10.6 Å². The van der Waals surface area contributed by atoms with Crippen LogP contribution in [0.5, 0.6) is 0 Å². The highest BCUT2D eigenvalue weighted by atomic mass is 32.2. The SMILES string of the molecule is Cc1nc(-c2ccsc2)sc1C(=O)N1CCc2cc(S(=O)(=O)N(C)C)ccc21. The molecule has 1 aliphatic rings. The summed E-state index contributed by atoms with van der Waals surface area (Å²) < 4.78 is 25.9. The molecular formula is C19H19N3O3S3. The van der Waals surface area contributed by atoms with Gasteiger partial charge in [-0.05, 0) is 48.6 Å². The third kappa shape index (κ3) is 3.18. The Morgan fingerprint density at radius 1 is 1.25 bits per heavy atom. The molecule has 0 atom stereocenters. The van der Waals surface area contributed by atoms with E-state index in [1.165, 1.54) is 29.7 Å². The molecule has 0 saturated carbocycles. The quantitative estimate of drug-likeness (QED) is 0.630. The van der Waals surface area contributed by atoms with E-state index >= 15 is 0 Å². The number of anilines is 1. The molecule has 0 spiro atoms. The summed E-state index contributed by atoms with van der Waals surface area (Å²) in [5.74, 6) is -0.0848. The molecule has 0 N–H and O–H groups in total. The Balaban J connectivity index is 1.66. The molecule has 9 heteroatoms. The lowest BCUT2D eigenvalue weighted by molar-refractivity contribution is 0.0992. The Labute approximate surface area is 172 Å². The van der Waals surface area contributed by atoms with Crippen LogP contribution in [0.15, 0.2) is 39.9 Å². The van der Waals surface area contributed by atoms with Crippen LogP contribution in [0, 0.1) is 6.92 Å². The van der Waals surface area contributed by atoms with Crippen molar-refractivity contribution in [3.63, 3.8) is 0 Å². The van der Waals surface area contributed by atoms with Crippen molar-refractivity contribution in [3.05, 3.63) is 51.2 Å². The summed E-state index contributed by atoms with van der Waals surface area (Å²) in [5, 5.41) is 4.85. The normalized spacial score (nSPS) is 13.9. The van der Waals surface area contributed by atoms with E-state index in [0.717, 1.165) is 27.5 Å². The monoisotopic (exact) mass is 433 g/mol. The first-order valence-electron chi connectivity index (χ1n) is 8.66. The zero-order valence-corrected chi connectivity index (χ0v) is 18.1. The number of fused-ring (bicyclic) bond motifs is 1. The van der Waals surface area contributed by atoms with Gasteiger partial charge in [-0.3, -0.25) is 4.79 Å². The molecule has 28 heavy (non-hydrogen) atoms. The third-order valence-electron chi connectivity index (χ3n) is 4.73. The van der Waals surface area contributed by atoms with Crippen LogP contribution >= 0.6 is 22.7 Å². The number of thiophene rings is 1. The molecule has 1 aromatic carbocycles. The number of carbonyl (C=O) groups is 1. The molecule has 6 nitrogen and oxygen atoms in total. The van der Waals surface area contributed by atoms with Gasteiger partial charge in [-0.15, -0.1) is 11.3 Å². The number of thiazole rings is 1. The molecule has 1 aliphatic heterocycles. The van der Waals surface area contributed by atoms with Gasteiger partial charge in [0.25, 0.3) is 5.91 Å². The predicted molar refractivity (Wildman–Crippen MR) is 113 cm³/mol. The Morgan fingerprint density at radius 2 is 2.04 bits per heavy atom. The third-order valence-corrected chi connectivity index (χ3v) is 8.42. The number of benzene rings is 1. The van der Waals surface area contributed by atoms with E-state index in [9.17, 15) is 13.2 Å². The topological polar surface area (TPSA) is 70.6 Å². The number of amides is 1. The fourth-order valence-corrected chi connectivity index (χ4v) is 5.87. The van der Waals surface area contributed by atoms with Crippen LogP contribution in [0.25, 0.3) is 10.6 Å². The Morgan fingerprint density at radius 3 is 2.71 bits per heavy atom. The first kappa shape index (κ1) is 19.3. The minimum Gasteiger partial charge on any atom is -0.307 e. The Bertz CT molecular complexity index is 1150. The van der Waals surface area contributed by atoms with Crippen LogP contribution < -0.4 is 4.90 Å². The van der Waals surface area contributed by atoms with Gasteiger partial charge in [-0.25, -0.2) is 17.7 Å². The number of carbonyl (C=O) groups excluding carboxylic acids is 1. The summed E-state index contributed by atoms with van der Waals surface area (Å²) >= 11 is 3.00. The molecule has 2 aromatic heterocycles. The molecule has 3 heterocycles. The van der Waals surface area contributed by atoms with Crippen molar-refractivity contribution in [1.82, 2.24) is 9.29 Å². The van der Waals surface area contributed by atoms with Gasteiger partial charge in [0.15, 0.2) is 0 Å². The highest BCUT2D eigenvalue weighted by molar-refractivity contribution is 7.89. The van der Waals surface area contributed by atoms with E-state index in [1.807, 2.05) is 23.8 Å². The van der Waals surface area contributed by atoms with Crippen molar-refractivity contribution in [2.24, 2.45) is 0 Å². The molecule has 0 bridgehead atoms. The van der Waals surface area contributed by atoms with E-state index in [-0.39, 0.29) is 10.8 Å². The molecule has 0 aliphatic carbocycles. The van der Waals surface area contributed by atoms with E-state index < -0.39 is 10.0 Å². The van der Waals surface area contributed by atoms with Crippen LogP contribution in [0.1, 0.15) is 20.9 Å². The first-order valence-corrected chi connectivity index (χ1v) is 11.9. The fraction of sp³-hybridized carbons (Fsp3) is 0.263. The molecule has 0 radical (unpaired) electrons. The predicted octanol–water partition coefficient (Wildman–Crippen LogP) is 3.63. The first-order chi connectivity index (χ1) is 13.3. The minimum atomic E-state index is -3.49. The standard InChI is InChI=1S/C19H19N3O3S3/c1-12-17(27-18(20-12)14-7-9-26-11-14)19(23)22-8-6-13-10-15(4-5-16(13)22)28(24,25)21(2)3/h4-5,7,9-11H,6,8H2,1-3H3. The highest BCUT2D eigenvalue weighted by Crippen LogP contribution is 2.35. The summed E-state index contributed by atoms with van der Waals surface area (Å²) in [6.07, 6.45) is 0.632. The highest BCUT2D eigenvalue weighted by Gasteiger charge is 2.30. The molecule has 146 valence electrons. The number of sulfonamides is 1. The lowest BCUT2D eigenvalue weighted by Gasteiger charge is -2.17. The maximum atomic E-state index is 13.2. The van der Waals surface area contributed by atoms with E-state index in [1.54, 1.807) is 34.4 Å². The van der Waals surface area contributed by atoms with Crippen molar-refractivity contribution in [1.29, 1.82) is 0 Å². The van der Waals surface area contributed by atoms with Crippen LogP contribution in [-0.4, -0.2) is 44.3 Å². The molecule has 0 saturated heterocycles. The van der Waals surface area contributed by atoms with Gasteiger partial charge in [0.2, 0.25) is 10.0 Å². The van der Waals surface area contributed by atoms with Crippen molar-refractivity contribution < 1.29 is 13.2 Å². The average Bonchev–Trinajstić information content (AvgIpc) is 3.39. The number of aromatic nitrogens is 1. The van der Waals surface area contributed by atoms with Crippen LogP contribution in [0.4, 0.5) is 5.69 Å². The molecule has 4 rings (SSSR count). The number of hydrogen-bond acceptors (Lipinski definition) is 6. The summed E-state index contributed by atoms with van der Waals surface area (Å²) in [6.45, 7) is 2.38. The van der Waals surface area contributed by atoms with E-state index in [2.05, 4.69) is 4.98 Å². The van der Waals surface area contributed by atoms with Gasteiger partial charge in [0.1, 0.15) is 9.88 Å².